The van der Waals surface area contributed by atoms with Crippen molar-refractivity contribution in [3.8, 4) is 0 Å². The average molecular weight is 345 g/mol. The lowest BCUT2D eigenvalue weighted by molar-refractivity contribution is 1.14. The topological polar surface area (TPSA) is 12.0 Å². The van der Waals surface area contributed by atoms with E-state index >= 15 is 0 Å². The lowest BCUT2D eigenvalue weighted by Crippen LogP contribution is -2.00. The summed E-state index contributed by atoms with van der Waals surface area (Å²) in [6.07, 6.45) is 0. The minimum Gasteiger partial charge on any atom is -0.380 e. The van der Waals surface area contributed by atoms with Crippen molar-refractivity contribution in [3.05, 3.63) is 48.6 Å². The summed E-state index contributed by atoms with van der Waals surface area (Å²) in [4.78, 5) is 2.72. The predicted octanol–water partition coefficient (Wildman–Crippen LogP) is 5.70. The maximum absolute atomic E-state index is 6.14. The molecule has 1 aromatic carbocycles. The van der Waals surface area contributed by atoms with Crippen molar-refractivity contribution in [2.24, 2.45) is 0 Å². The normalized spacial score (nSPS) is 10.7. The summed E-state index contributed by atoms with van der Waals surface area (Å²) in [6.45, 7) is 7.13. The average Bonchev–Trinajstić information content (AvgIpc) is 2.61. The largest absolute Gasteiger partial charge is 0.380 e. The first kappa shape index (κ1) is 13.9. The Labute approximate surface area is 125 Å². The van der Waals surface area contributed by atoms with Crippen LogP contribution in [0.15, 0.2) is 22.7 Å². The summed E-state index contributed by atoms with van der Waals surface area (Å²) in [5.41, 5.74) is 3.46. The van der Waals surface area contributed by atoms with Crippen LogP contribution in [0.5, 0.6) is 0 Å². The van der Waals surface area contributed by atoms with Gasteiger partial charge in [0.05, 0.1) is 5.69 Å². The van der Waals surface area contributed by atoms with Gasteiger partial charge in [-0.15, -0.1) is 11.3 Å². The second-order valence-electron chi connectivity index (χ2n) is 4.37. The molecule has 0 amide bonds. The van der Waals surface area contributed by atoms with E-state index in [0.717, 1.165) is 27.3 Å². The van der Waals surface area contributed by atoms with Crippen molar-refractivity contribution in [2.75, 3.05) is 5.32 Å². The molecule has 0 radical (unpaired) electrons. The first-order valence-corrected chi connectivity index (χ1v) is 7.71. The maximum atomic E-state index is 6.14. The summed E-state index contributed by atoms with van der Waals surface area (Å²) in [5, 5.41) is 4.22. The van der Waals surface area contributed by atoms with Crippen molar-refractivity contribution in [3.63, 3.8) is 0 Å². The van der Waals surface area contributed by atoms with E-state index in [4.69, 9.17) is 11.6 Å². The number of aryl methyl sites for hydroxylation is 3. The molecule has 2 aromatic rings. The Hall–Kier alpha value is -0.510. The number of thiophene rings is 1. The molecular weight excluding hydrogens is 330 g/mol. The number of hydrogen-bond donors (Lipinski definition) is 1. The van der Waals surface area contributed by atoms with Crippen molar-refractivity contribution in [1.29, 1.82) is 0 Å². The molecule has 0 bridgehead atoms. The first-order chi connectivity index (χ1) is 8.47. The molecule has 1 aromatic heterocycles. The quantitative estimate of drug-likeness (QED) is 0.753. The zero-order chi connectivity index (χ0) is 13.3. The molecule has 1 heterocycles. The molecular formula is C14H15BrClNS. The lowest BCUT2D eigenvalue weighted by Gasteiger charge is -2.10. The van der Waals surface area contributed by atoms with Crippen LogP contribution < -0.4 is 5.32 Å². The van der Waals surface area contributed by atoms with Crippen molar-refractivity contribution in [1.82, 2.24) is 0 Å². The van der Waals surface area contributed by atoms with Gasteiger partial charge in [0.2, 0.25) is 0 Å². The van der Waals surface area contributed by atoms with Gasteiger partial charge in [-0.3, -0.25) is 0 Å². The smallest absolute Gasteiger partial charge is 0.0502 e. The van der Waals surface area contributed by atoms with E-state index in [1.165, 1.54) is 15.3 Å². The van der Waals surface area contributed by atoms with Crippen LogP contribution >= 0.6 is 38.9 Å². The van der Waals surface area contributed by atoms with Crippen LogP contribution in [0.1, 0.15) is 20.9 Å². The Morgan fingerprint density at radius 2 is 1.94 bits per heavy atom. The van der Waals surface area contributed by atoms with Crippen LogP contribution in [-0.4, -0.2) is 0 Å². The molecule has 1 nitrogen and oxygen atoms in total. The molecule has 0 saturated heterocycles. The highest BCUT2D eigenvalue weighted by Crippen LogP contribution is 2.30. The molecule has 0 aliphatic carbocycles. The molecule has 0 aliphatic rings. The number of halogens is 2. The number of anilines is 1. The summed E-state index contributed by atoms with van der Waals surface area (Å²) >= 11 is 11.5. The van der Waals surface area contributed by atoms with E-state index in [1.807, 2.05) is 30.4 Å². The van der Waals surface area contributed by atoms with Gasteiger partial charge in [0, 0.05) is 25.8 Å². The van der Waals surface area contributed by atoms with E-state index in [9.17, 15) is 0 Å². The fourth-order valence-corrected chi connectivity index (χ4v) is 3.54. The van der Waals surface area contributed by atoms with Crippen LogP contribution in [0.3, 0.4) is 0 Å². The summed E-state index contributed by atoms with van der Waals surface area (Å²) in [6, 6.07) is 6.24. The fraction of sp³-hybridized carbons (Fsp3) is 0.286. The molecule has 0 unspecified atom stereocenters. The highest BCUT2D eigenvalue weighted by molar-refractivity contribution is 9.10. The minimum atomic E-state index is 0.791. The molecule has 0 atom stereocenters. The van der Waals surface area contributed by atoms with Gasteiger partial charge >= 0.3 is 0 Å². The molecule has 0 spiro atoms. The first-order valence-electron chi connectivity index (χ1n) is 5.73. The maximum Gasteiger partial charge on any atom is 0.0502 e. The van der Waals surface area contributed by atoms with Crippen molar-refractivity contribution in [2.45, 2.75) is 27.3 Å². The Bertz CT molecular complexity index is 577. The van der Waals surface area contributed by atoms with Crippen LogP contribution in [0.25, 0.3) is 0 Å². The molecule has 96 valence electrons. The zero-order valence-electron chi connectivity index (χ0n) is 10.6. The Balaban J connectivity index is 2.15. The molecule has 2 rings (SSSR count). The molecule has 4 heteroatoms. The molecule has 0 aliphatic heterocycles. The Kier molecular flexibility index (Phi) is 4.36. The number of nitrogens with one attached hydrogen (secondary N) is 1. The fourth-order valence-electron chi connectivity index (χ4n) is 1.83. The van der Waals surface area contributed by atoms with Crippen LogP contribution in [0, 0.1) is 20.8 Å². The standard InChI is InChI=1S/C14H15BrClNS/c1-8-4-12(15)14(6-13(8)16)17-7-11-5-9(2)18-10(11)3/h4-6,17H,7H2,1-3H3. The Morgan fingerprint density at radius 3 is 2.56 bits per heavy atom. The van der Waals surface area contributed by atoms with E-state index < -0.39 is 0 Å². The van der Waals surface area contributed by atoms with E-state index in [1.54, 1.807) is 0 Å². The molecule has 1 N–H and O–H groups in total. The summed E-state index contributed by atoms with van der Waals surface area (Å²) in [7, 11) is 0. The highest BCUT2D eigenvalue weighted by atomic mass is 79.9. The van der Waals surface area contributed by atoms with Gasteiger partial charge < -0.3 is 5.32 Å². The zero-order valence-corrected chi connectivity index (χ0v) is 13.8. The van der Waals surface area contributed by atoms with Gasteiger partial charge in [0.15, 0.2) is 0 Å². The van der Waals surface area contributed by atoms with Crippen LogP contribution in [0.2, 0.25) is 5.02 Å². The number of benzene rings is 1. The van der Waals surface area contributed by atoms with Crippen molar-refractivity contribution >= 4 is 44.6 Å². The summed E-state index contributed by atoms with van der Waals surface area (Å²) < 4.78 is 1.05. The van der Waals surface area contributed by atoms with Crippen LogP contribution in [-0.2, 0) is 6.54 Å². The third kappa shape index (κ3) is 3.08. The van der Waals surface area contributed by atoms with Gasteiger partial charge in [-0.05, 0) is 66.0 Å². The second-order valence-corrected chi connectivity index (χ2v) is 7.10. The van der Waals surface area contributed by atoms with Gasteiger partial charge in [-0.2, -0.15) is 0 Å². The van der Waals surface area contributed by atoms with Gasteiger partial charge in [0.25, 0.3) is 0 Å². The lowest BCUT2D eigenvalue weighted by atomic mass is 10.2. The number of hydrogen-bond acceptors (Lipinski definition) is 2. The monoisotopic (exact) mass is 343 g/mol. The number of rotatable bonds is 3. The summed E-state index contributed by atoms with van der Waals surface area (Å²) in [5.74, 6) is 0. The second kappa shape index (κ2) is 5.64. The highest BCUT2D eigenvalue weighted by Gasteiger charge is 2.06. The van der Waals surface area contributed by atoms with Crippen LogP contribution in [0.4, 0.5) is 5.69 Å². The predicted molar refractivity (Wildman–Crippen MR) is 85.0 cm³/mol. The van der Waals surface area contributed by atoms with E-state index in [2.05, 4.69) is 41.2 Å². The molecule has 0 fully saturated rings. The molecule has 0 saturated carbocycles. The third-order valence-electron chi connectivity index (χ3n) is 2.86. The van der Waals surface area contributed by atoms with Gasteiger partial charge in [0.1, 0.15) is 0 Å². The Morgan fingerprint density at radius 1 is 1.22 bits per heavy atom. The molecule has 18 heavy (non-hydrogen) atoms. The minimum absolute atomic E-state index is 0.791. The van der Waals surface area contributed by atoms with Crippen molar-refractivity contribution < 1.29 is 0 Å². The van der Waals surface area contributed by atoms with E-state index in [0.29, 0.717) is 0 Å². The van der Waals surface area contributed by atoms with Gasteiger partial charge in [-0.25, -0.2) is 0 Å². The SMILES string of the molecule is Cc1cc(CNc2cc(Cl)c(C)cc2Br)c(C)s1. The third-order valence-corrected chi connectivity index (χ3v) is 4.93. The van der Waals surface area contributed by atoms with E-state index in [-0.39, 0.29) is 0 Å². The van der Waals surface area contributed by atoms with Gasteiger partial charge in [-0.1, -0.05) is 11.6 Å².